The summed E-state index contributed by atoms with van der Waals surface area (Å²) in [6.45, 7) is 2.58. The Labute approximate surface area is 134 Å². The van der Waals surface area contributed by atoms with Gasteiger partial charge in [-0.3, -0.25) is 4.79 Å². The lowest BCUT2D eigenvalue weighted by atomic mass is 9.96. The van der Waals surface area contributed by atoms with Crippen molar-refractivity contribution in [1.82, 2.24) is 4.98 Å². The van der Waals surface area contributed by atoms with Crippen molar-refractivity contribution in [3.8, 4) is 11.3 Å². The minimum atomic E-state index is -0.180. The van der Waals surface area contributed by atoms with Gasteiger partial charge in [-0.05, 0) is 24.3 Å². The zero-order chi connectivity index (χ0) is 15.5. The van der Waals surface area contributed by atoms with E-state index in [0.29, 0.717) is 5.02 Å². The quantitative estimate of drug-likeness (QED) is 0.891. The molecule has 0 saturated carbocycles. The van der Waals surface area contributed by atoms with Gasteiger partial charge in [-0.1, -0.05) is 11.6 Å². The molecule has 0 unspecified atom stereocenters. The van der Waals surface area contributed by atoms with Crippen LogP contribution in [-0.2, 0) is 11.3 Å². The van der Waals surface area contributed by atoms with Gasteiger partial charge in [-0.15, -0.1) is 0 Å². The minimum absolute atomic E-state index is 0.0259. The van der Waals surface area contributed by atoms with Crippen molar-refractivity contribution >= 4 is 17.5 Å². The third-order valence-electron chi connectivity index (χ3n) is 4.18. The Morgan fingerprint density at radius 3 is 2.64 bits per heavy atom. The van der Waals surface area contributed by atoms with Crippen LogP contribution >= 0.6 is 11.6 Å². The van der Waals surface area contributed by atoms with E-state index in [2.05, 4.69) is 4.98 Å². The van der Waals surface area contributed by atoms with Crippen LogP contribution in [0.2, 0.25) is 5.02 Å². The number of benzene rings is 1. The standard InChI is InChI=1S/C16H18ClN3O2/c17-13-3-1-11(2-4-13)14-9-19-15(22-14)10-20-7-5-12(6-8-20)16(18)21/h1-4,9,12H,5-8,10H2,(H2,18,21)/p+1. The third-order valence-corrected chi connectivity index (χ3v) is 4.43. The molecule has 22 heavy (non-hydrogen) atoms. The number of aromatic nitrogens is 1. The molecule has 116 valence electrons. The zero-order valence-corrected chi connectivity index (χ0v) is 13.0. The summed E-state index contributed by atoms with van der Waals surface area (Å²) in [4.78, 5) is 16.9. The van der Waals surface area contributed by atoms with Gasteiger partial charge in [0.15, 0.2) is 12.3 Å². The molecule has 2 heterocycles. The molecule has 3 rings (SSSR count). The molecular weight excluding hydrogens is 302 g/mol. The highest BCUT2D eigenvalue weighted by molar-refractivity contribution is 6.30. The van der Waals surface area contributed by atoms with Crippen LogP contribution in [0.3, 0.4) is 0 Å². The molecule has 0 aliphatic carbocycles. The highest BCUT2D eigenvalue weighted by atomic mass is 35.5. The average molecular weight is 321 g/mol. The second kappa shape index (κ2) is 6.50. The number of hydrogen-bond acceptors (Lipinski definition) is 3. The van der Waals surface area contributed by atoms with Crippen molar-refractivity contribution in [3.05, 3.63) is 41.4 Å². The highest BCUT2D eigenvalue weighted by Gasteiger charge is 2.26. The van der Waals surface area contributed by atoms with E-state index < -0.39 is 0 Å². The van der Waals surface area contributed by atoms with E-state index in [1.807, 2.05) is 24.3 Å². The molecule has 1 aliphatic heterocycles. The number of nitrogens with zero attached hydrogens (tertiary/aromatic N) is 1. The maximum Gasteiger partial charge on any atom is 0.250 e. The molecule has 1 aliphatic rings. The van der Waals surface area contributed by atoms with Gasteiger partial charge in [-0.2, -0.15) is 0 Å². The summed E-state index contributed by atoms with van der Waals surface area (Å²) in [5, 5.41) is 0.699. The van der Waals surface area contributed by atoms with Crippen molar-refractivity contribution < 1.29 is 14.1 Å². The van der Waals surface area contributed by atoms with Crippen LogP contribution in [0.5, 0.6) is 0 Å². The number of piperidine rings is 1. The second-order valence-electron chi connectivity index (χ2n) is 5.73. The summed E-state index contributed by atoms with van der Waals surface area (Å²) >= 11 is 5.88. The molecule has 3 N–H and O–H groups in total. The van der Waals surface area contributed by atoms with Gasteiger partial charge >= 0.3 is 0 Å². The molecule has 0 radical (unpaired) electrons. The van der Waals surface area contributed by atoms with Crippen LogP contribution in [0.4, 0.5) is 0 Å². The Morgan fingerprint density at radius 1 is 1.32 bits per heavy atom. The van der Waals surface area contributed by atoms with E-state index in [-0.39, 0.29) is 11.8 Å². The number of primary amides is 1. The lowest BCUT2D eigenvalue weighted by Crippen LogP contribution is -3.11. The summed E-state index contributed by atoms with van der Waals surface area (Å²) < 4.78 is 5.82. The van der Waals surface area contributed by atoms with Crippen molar-refractivity contribution in [2.24, 2.45) is 11.7 Å². The Morgan fingerprint density at radius 2 is 2.00 bits per heavy atom. The first-order valence-electron chi connectivity index (χ1n) is 7.45. The Balaban J connectivity index is 1.60. The van der Waals surface area contributed by atoms with Crippen molar-refractivity contribution in [2.75, 3.05) is 13.1 Å². The normalized spacial score (nSPS) is 21.7. The predicted molar refractivity (Wildman–Crippen MR) is 83.3 cm³/mol. The molecule has 1 fully saturated rings. The molecule has 1 amide bonds. The largest absolute Gasteiger partial charge is 0.435 e. The van der Waals surface area contributed by atoms with Crippen LogP contribution in [0.1, 0.15) is 18.7 Å². The Hall–Kier alpha value is -1.85. The zero-order valence-electron chi connectivity index (χ0n) is 12.2. The monoisotopic (exact) mass is 320 g/mol. The fourth-order valence-corrected chi connectivity index (χ4v) is 2.97. The number of likely N-dealkylation sites (tertiary alicyclic amines) is 1. The number of nitrogens with one attached hydrogen (secondary N) is 1. The fraction of sp³-hybridized carbons (Fsp3) is 0.375. The van der Waals surface area contributed by atoms with Crippen LogP contribution in [0.15, 0.2) is 34.9 Å². The number of halogens is 1. The van der Waals surface area contributed by atoms with Crippen molar-refractivity contribution in [1.29, 1.82) is 0 Å². The van der Waals surface area contributed by atoms with Crippen LogP contribution in [-0.4, -0.2) is 24.0 Å². The minimum Gasteiger partial charge on any atom is -0.435 e. The maximum atomic E-state index is 11.2. The summed E-state index contributed by atoms with van der Waals surface area (Å²) in [5.41, 5.74) is 6.32. The molecule has 2 aromatic rings. The number of carbonyl (C=O) groups is 1. The highest BCUT2D eigenvalue weighted by Crippen LogP contribution is 2.22. The summed E-state index contributed by atoms with van der Waals surface area (Å²) in [5.74, 6) is 1.31. The predicted octanol–water partition coefficient (Wildman–Crippen LogP) is 1.28. The van der Waals surface area contributed by atoms with E-state index in [4.69, 9.17) is 21.8 Å². The summed E-state index contributed by atoms with van der Waals surface area (Å²) in [6.07, 6.45) is 3.43. The molecule has 0 atom stereocenters. The topological polar surface area (TPSA) is 73.6 Å². The average Bonchev–Trinajstić information content (AvgIpc) is 2.97. The number of quaternary nitrogens is 1. The van der Waals surface area contributed by atoms with E-state index in [1.54, 1.807) is 6.20 Å². The van der Waals surface area contributed by atoms with Crippen LogP contribution < -0.4 is 10.6 Å². The molecule has 5 nitrogen and oxygen atoms in total. The number of hydrogen-bond donors (Lipinski definition) is 2. The summed E-state index contributed by atoms with van der Waals surface area (Å²) in [7, 11) is 0. The molecule has 1 aromatic carbocycles. The molecule has 0 bridgehead atoms. The maximum absolute atomic E-state index is 11.2. The lowest BCUT2D eigenvalue weighted by molar-refractivity contribution is -0.920. The SMILES string of the molecule is NC(=O)C1CC[NH+](Cc2ncc(-c3ccc(Cl)cc3)o2)CC1. The van der Waals surface area contributed by atoms with Gasteiger partial charge in [0.25, 0.3) is 5.89 Å². The summed E-state index contributed by atoms with van der Waals surface area (Å²) in [6, 6.07) is 7.49. The first-order valence-corrected chi connectivity index (χ1v) is 7.83. The van der Waals surface area contributed by atoms with Crippen molar-refractivity contribution in [2.45, 2.75) is 19.4 Å². The van der Waals surface area contributed by atoms with E-state index in [9.17, 15) is 4.79 Å². The smallest absolute Gasteiger partial charge is 0.250 e. The molecule has 0 spiro atoms. The Kier molecular flexibility index (Phi) is 4.45. The first-order chi connectivity index (χ1) is 10.6. The van der Waals surface area contributed by atoms with Gasteiger partial charge < -0.3 is 15.1 Å². The second-order valence-corrected chi connectivity index (χ2v) is 6.16. The lowest BCUT2D eigenvalue weighted by Gasteiger charge is -2.26. The third kappa shape index (κ3) is 3.48. The van der Waals surface area contributed by atoms with Gasteiger partial charge in [0.1, 0.15) is 0 Å². The van der Waals surface area contributed by atoms with Crippen LogP contribution in [0.25, 0.3) is 11.3 Å². The van der Waals surface area contributed by atoms with Gasteiger partial charge in [0.05, 0.1) is 19.3 Å². The van der Waals surface area contributed by atoms with Gasteiger partial charge in [-0.25, -0.2) is 4.98 Å². The van der Waals surface area contributed by atoms with Gasteiger partial charge in [0.2, 0.25) is 5.91 Å². The Bertz CT molecular complexity index is 646. The number of carbonyl (C=O) groups excluding carboxylic acids is 1. The molecule has 6 heteroatoms. The van der Waals surface area contributed by atoms with Gasteiger partial charge in [0, 0.05) is 29.3 Å². The first kappa shape index (κ1) is 15.1. The number of nitrogens with two attached hydrogens (primary N) is 1. The number of oxazole rings is 1. The number of rotatable bonds is 4. The number of amides is 1. The molecular formula is C16H19ClN3O2+. The van der Waals surface area contributed by atoms with E-state index in [0.717, 1.165) is 49.7 Å². The molecule has 1 aromatic heterocycles. The van der Waals surface area contributed by atoms with E-state index >= 15 is 0 Å². The van der Waals surface area contributed by atoms with Crippen LogP contribution in [0, 0.1) is 5.92 Å². The van der Waals surface area contributed by atoms with E-state index in [1.165, 1.54) is 4.90 Å². The fourth-order valence-electron chi connectivity index (χ4n) is 2.84. The van der Waals surface area contributed by atoms with Crippen molar-refractivity contribution in [3.63, 3.8) is 0 Å². The molecule has 1 saturated heterocycles.